The van der Waals surface area contributed by atoms with Crippen LogP contribution in [-0.2, 0) is 0 Å². The largest absolute Gasteiger partial charge is 0.272 e. The van der Waals surface area contributed by atoms with E-state index in [1.807, 2.05) is 74.5 Å². The third kappa shape index (κ3) is 3.33. The van der Waals surface area contributed by atoms with Gasteiger partial charge in [-0.1, -0.05) is 55.5 Å². The van der Waals surface area contributed by atoms with E-state index in [9.17, 15) is 4.79 Å². The average Bonchev–Trinajstić information content (AvgIpc) is 2.65. The Morgan fingerprint density at radius 2 is 1.79 bits per heavy atom. The van der Waals surface area contributed by atoms with E-state index in [4.69, 9.17) is 0 Å². The van der Waals surface area contributed by atoms with Crippen LogP contribution in [0.3, 0.4) is 0 Å². The summed E-state index contributed by atoms with van der Waals surface area (Å²) in [7, 11) is 0. The number of pyridine rings is 1. The number of para-hydroxylation sites is 1. The number of carbonyl (C=O) groups excluding carboxylic acids is 1. The van der Waals surface area contributed by atoms with Crippen molar-refractivity contribution in [3.8, 4) is 11.3 Å². The molecule has 3 aromatic rings. The average molecular weight is 317 g/mol. The molecule has 0 fully saturated rings. The fourth-order valence-corrected chi connectivity index (χ4v) is 2.41. The van der Waals surface area contributed by atoms with Crippen LogP contribution in [0.5, 0.6) is 0 Å². The van der Waals surface area contributed by atoms with Gasteiger partial charge in [0.25, 0.3) is 5.91 Å². The Morgan fingerprint density at radius 1 is 1.08 bits per heavy atom. The van der Waals surface area contributed by atoms with Crippen molar-refractivity contribution in [3.05, 3.63) is 66.2 Å². The lowest BCUT2D eigenvalue weighted by molar-refractivity contribution is 0.0956. The maximum atomic E-state index is 12.6. The molecule has 4 nitrogen and oxygen atoms in total. The zero-order chi connectivity index (χ0) is 16.9. The lowest BCUT2D eigenvalue weighted by Crippen LogP contribution is -2.19. The third-order valence-electron chi connectivity index (χ3n) is 3.89. The van der Waals surface area contributed by atoms with Crippen LogP contribution in [0, 0.1) is 0 Å². The molecule has 0 spiro atoms. The van der Waals surface area contributed by atoms with Gasteiger partial charge in [-0.15, -0.1) is 0 Å². The Balaban J connectivity index is 2.10. The van der Waals surface area contributed by atoms with Gasteiger partial charge in [-0.25, -0.2) is 10.4 Å². The number of hydrogen-bond donors (Lipinski definition) is 1. The number of rotatable bonds is 4. The van der Waals surface area contributed by atoms with Gasteiger partial charge in [0.1, 0.15) is 0 Å². The minimum Gasteiger partial charge on any atom is -0.267 e. The van der Waals surface area contributed by atoms with Crippen molar-refractivity contribution in [1.29, 1.82) is 0 Å². The van der Waals surface area contributed by atoms with E-state index in [2.05, 4.69) is 15.5 Å². The van der Waals surface area contributed by atoms with Crippen molar-refractivity contribution < 1.29 is 4.79 Å². The van der Waals surface area contributed by atoms with Crippen molar-refractivity contribution in [2.75, 3.05) is 0 Å². The number of fused-ring (bicyclic) bond motifs is 1. The summed E-state index contributed by atoms with van der Waals surface area (Å²) in [5.74, 6) is -0.224. The summed E-state index contributed by atoms with van der Waals surface area (Å²) < 4.78 is 0. The first kappa shape index (κ1) is 15.9. The molecule has 3 rings (SSSR count). The summed E-state index contributed by atoms with van der Waals surface area (Å²) in [6, 6.07) is 19.3. The van der Waals surface area contributed by atoms with E-state index in [1.54, 1.807) is 0 Å². The van der Waals surface area contributed by atoms with Gasteiger partial charge in [0.2, 0.25) is 0 Å². The van der Waals surface area contributed by atoms with Crippen LogP contribution in [0.25, 0.3) is 22.2 Å². The normalized spacial score (nSPS) is 11.5. The number of aromatic nitrogens is 1. The van der Waals surface area contributed by atoms with Crippen molar-refractivity contribution >= 4 is 22.5 Å². The molecule has 0 unspecified atom stereocenters. The van der Waals surface area contributed by atoms with Crippen LogP contribution in [0.4, 0.5) is 0 Å². The summed E-state index contributed by atoms with van der Waals surface area (Å²) in [4.78, 5) is 17.3. The minimum atomic E-state index is -0.224. The molecule has 120 valence electrons. The predicted molar refractivity (Wildman–Crippen MR) is 98.0 cm³/mol. The smallest absolute Gasteiger partial charge is 0.267 e. The van der Waals surface area contributed by atoms with Crippen LogP contribution in [-0.4, -0.2) is 16.6 Å². The van der Waals surface area contributed by atoms with Gasteiger partial charge in [0, 0.05) is 16.7 Å². The second-order valence-electron chi connectivity index (χ2n) is 5.58. The molecule has 0 bridgehead atoms. The SMILES string of the molecule is CC/C(C)=N\NC(=O)c1cc(-c2ccccc2)nc2ccccc12. The van der Waals surface area contributed by atoms with E-state index < -0.39 is 0 Å². The van der Waals surface area contributed by atoms with Crippen LogP contribution >= 0.6 is 0 Å². The summed E-state index contributed by atoms with van der Waals surface area (Å²) in [6.07, 6.45) is 0.798. The van der Waals surface area contributed by atoms with E-state index in [-0.39, 0.29) is 5.91 Å². The molecule has 1 heterocycles. The first-order chi connectivity index (χ1) is 11.7. The Morgan fingerprint density at radius 3 is 2.54 bits per heavy atom. The molecule has 0 saturated heterocycles. The van der Waals surface area contributed by atoms with Crippen LogP contribution in [0.1, 0.15) is 30.6 Å². The molecule has 0 radical (unpaired) electrons. The van der Waals surface area contributed by atoms with Crippen LogP contribution in [0.15, 0.2) is 65.8 Å². The topological polar surface area (TPSA) is 54.4 Å². The molecule has 0 atom stereocenters. The van der Waals surface area contributed by atoms with Gasteiger partial charge < -0.3 is 0 Å². The third-order valence-corrected chi connectivity index (χ3v) is 3.89. The number of carbonyl (C=O) groups is 1. The van der Waals surface area contributed by atoms with Crippen molar-refractivity contribution in [2.24, 2.45) is 5.10 Å². The fourth-order valence-electron chi connectivity index (χ4n) is 2.41. The van der Waals surface area contributed by atoms with E-state index in [0.29, 0.717) is 5.56 Å². The number of amides is 1. The number of hydrogen-bond acceptors (Lipinski definition) is 3. The van der Waals surface area contributed by atoms with Crippen LogP contribution in [0.2, 0.25) is 0 Å². The van der Waals surface area contributed by atoms with Gasteiger partial charge in [-0.3, -0.25) is 4.79 Å². The molecular formula is C20H19N3O. The Labute approximate surface area is 141 Å². The highest BCUT2D eigenvalue weighted by molar-refractivity contribution is 6.07. The second kappa shape index (κ2) is 7.04. The lowest BCUT2D eigenvalue weighted by atomic mass is 10.0. The second-order valence-corrected chi connectivity index (χ2v) is 5.58. The van der Waals surface area contributed by atoms with Gasteiger partial charge >= 0.3 is 0 Å². The highest BCUT2D eigenvalue weighted by Gasteiger charge is 2.13. The quantitative estimate of drug-likeness (QED) is 0.572. The first-order valence-electron chi connectivity index (χ1n) is 7.97. The molecular weight excluding hydrogens is 298 g/mol. The number of hydrazone groups is 1. The molecule has 2 aromatic carbocycles. The Hall–Kier alpha value is -3.01. The lowest BCUT2D eigenvalue weighted by Gasteiger charge is -2.09. The first-order valence-corrected chi connectivity index (χ1v) is 7.97. The standard InChI is InChI=1S/C20H19N3O/c1-3-14(2)22-23-20(24)17-13-19(15-9-5-4-6-10-15)21-18-12-8-7-11-16(17)18/h4-13H,3H2,1-2H3,(H,23,24)/b22-14-. The number of benzene rings is 2. The summed E-state index contributed by atoms with van der Waals surface area (Å²) in [5, 5.41) is 4.94. The summed E-state index contributed by atoms with van der Waals surface area (Å²) in [6.45, 7) is 3.89. The molecule has 24 heavy (non-hydrogen) atoms. The Bertz CT molecular complexity index is 901. The van der Waals surface area contributed by atoms with Crippen molar-refractivity contribution in [3.63, 3.8) is 0 Å². The minimum absolute atomic E-state index is 0.224. The molecule has 0 aliphatic rings. The molecule has 4 heteroatoms. The number of nitrogens with zero attached hydrogens (tertiary/aromatic N) is 2. The Kier molecular flexibility index (Phi) is 4.66. The zero-order valence-electron chi connectivity index (χ0n) is 13.8. The molecule has 0 saturated carbocycles. The molecule has 1 N–H and O–H groups in total. The highest BCUT2D eigenvalue weighted by Crippen LogP contribution is 2.24. The molecule has 1 aromatic heterocycles. The maximum absolute atomic E-state index is 12.6. The zero-order valence-corrected chi connectivity index (χ0v) is 13.8. The molecule has 0 aliphatic carbocycles. The van der Waals surface area contributed by atoms with Gasteiger partial charge in [0.15, 0.2) is 0 Å². The predicted octanol–water partition coefficient (Wildman–Crippen LogP) is 4.42. The monoisotopic (exact) mass is 317 g/mol. The van der Waals surface area contributed by atoms with E-state index in [0.717, 1.165) is 34.3 Å². The summed E-state index contributed by atoms with van der Waals surface area (Å²) >= 11 is 0. The van der Waals surface area contributed by atoms with Crippen LogP contribution < -0.4 is 5.43 Å². The van der Waals surface area contributed by atoms with Gasteiger partial charge in [-0.2, -0.15) is 5.10 Å². The van der Waals surface area contributed by atoms with Gasteiger partial charge in [-0.05, 0) is 25.5 Å². The highest BCUT2D eigenvalue weighted by atomic mass is 16.2. The van der Waals surface area contributed by atoms with E-state index >= 15 is 0 Å². The summed E-state index contributed by atoms with van der Waals surface area (Å²) in [5.41, 5.74) is 6.64. The maximum Gasteiger partial charge on any atom is 0.272 e. The van der Waals surface area contributed by atoms with Gasteiger partial charge in [0.05, 0.1) is 16.8 Å². The van der Waals surface area contributed by atoms with Crippen molar-refractivity contribution in [1.82, 2.24) is 10.4 Å². The van der Waals surface area contributed by atoms with E-state index in [1.165, 1.54) is 0 Å². The number of nitrogens with one attached hydrogen (secondary N) is 1. The fraction of sp³-hybridized carbons (Fsp3) is 0.150. The molecule has 0 aliphatic heterocycles. The van der Waals surface area contributed by atoms with Crippen molar-refractivity contribution in [2.45, 2.75) is 20.3 Å². The molecule has 1 amide bonds.